The van der Waals surface area contributed by atoms with Crippen LogP contribution in [0.2, 0.25) is 0 Å². The van der Waals surface area contributed by atoms with E-state index < -0.39 is 0 Å². The molecule has 0 N–H and O–H groups in total. The van der Waals surface area contributed by atoms with Gasteiger partial charge in [-0.15, -0.1) is 10.2 Å². The highest BCUT2D eigenvalue weighted by molar-refractivity contribution is 5.71. The van der Waals surface area contributed by atoms with Gasteiger partial charge in [0, 0.05) is 31.7 Å². The Morgan fingerprint density at radius 2 is 1.19 bits per heavy atom. The van der Waals surface area contributed by atoms with Gasteiger partial charge in [0.05, 0.1) is 11.4 Å². The highest BCUT2D eigenvalue weighted by Crippen LogP contribution is 2.31. The number of piperazine rings is 1. The standard InChI is InChI=1S/C26H27N5/c1-20-27-28-26(23-14-12-22(13-15-23)21-8-4-3-5-9-21)31(20)25-11-7-6-10-24(25)30-18-16-29(2)17-19-30/h3-15H,16-19H2,1-2H3. The van der Waals surface area contributed by atoms with Crippen molar-refractivity contribution in [3.63, 3.8) is 0 Å². The molecular formula is C26H27N5. The molecule has 1 aromatic heterocycles. The van der Waals surface area contributed by atoms with Crippen LogP contribution in [0.15, 0.2) is 78.9 Å². The molecule has 1 fully saturated rings. The fraction of sp³-hybridized carbons (Fsp3) is 0.231. The van der Waals surface area contributed by atoms with Crippen molar-refractivity contribution in [2.45, 2.75) is 6.92 Å². The Morgan fingerprint density at radius 1 is 0.613 bits per heavy atom. The summed E-state index contributed by atoms with van der Waals surface area (Å²) in [5, 5.41) is 8.98. The lowest BCUT2D eigenvalue weighted by Crippen LogP contribution is -2.44. The third-order valence-corrected chi connectivity index (χ3v) is 6.04. The van der Waals surface area contributed by atoms with E-state index in [0.717, 1.165) is 49.1 Å². The number of likely N-dealkylation sites (N-methyl/N-ethyl adjacent to an activating group) is 1. The first kappa shape index (κ1) is 19.5. The van der Waals surface area contributed by atoms with Crippen LogP contribution in [0.4, 0.5) is 5.69 Å². The van der Waals surface area contributed by atoms with Crippen molar-refractivity contribution >= 4 is 5.69 Å². The van der Waals surface area contributed by atoms with Crippen molar-refractivity contribution in [2.75, 3.05) is 38.1 Å². The smallest absolute Gasteiger partial charge is 0.168 e. The van der Waals surface area contributed by atoms with Crippen molar-refractivity contribution in [2.24, 2.45) is 0 Å². The van der Waals surface area contributed by atoms with E-state index in [1.54, 1.807) is 0 Å². The molecular weight excluding hydrogens is 382 g/mol. The van der Waals surface area contributed by atoms with Crippen molar-refractivity contribution in [1.29, 1.82) is 0 Å². The minimum absolute atomic E-state index is 0.874. The minimum atomic E-state index is 0.874. The summed E-state index contributed by atoms with van der Waals surface area (Å²) in [6, 6.07) is 27.6. The van der Waals surface area contributed by atoms with E-state index >= 15 is 0 Å². The van der Waals surface area contributed by atoms with Gasteiger partial charge in [-0.25, -0.2) is 0 Å². The van der Waals surface area contributed by atoms with Crippen LogP contribution in [0.3, 0.4) is 0 Å². The van der Waals surface area contributed by atoms with Crippen molar-refractivity contribution in [3.8, 4) is 28.2 Å². The Hall–Kier alpha value is -3.44. The summed E-state index contributed by atoms with van der Waals surface area (Å²) >= 11 is 0. The molecule has 0 unspecified atom stereocenters. The SMILES string of the molecule is Cc1nnc(-c2ccc(-c3ccccc3)cc2)n1-c1ccccc1N1CCN(C)CC1. The molecule has 31 heavy (non-hydrogen) atoms. The van der Waals surface area contributed by atoms with Crippen LogP contribution in [0.1, 0.15) is 5.82 Å². The summed E-state index contributed by atoms with van der Waals surface area (Å²) < 4.78 is 2.19. The number of para-hydroxylation sites is 2. The molecule has 0 aliphatic carbocycles. The molecule has 1 saturated heterocycles. The zero-order valence-corrected chi connectivity index (χ0v) is 18.1. The van der Waals surface area contributed by atoms with Crippen LogP contribution in [-0.4, -0.2) is 52.9 Å². The average molecular weight is 410 g/mol. The lowest BCUT2D eigenvalue weighted by molar-refractivity contribution is 0.313. The van der Waals surface area contributed by atoms with Gasteiger partial charge in [0.15, 0.2) is 5.82 Å². The van der Waals surface area contributed by atoms with E-state index in [1.165, 1.54) is 16.8 Å². The Labute approximate surface area is 183 Å². The van der Waals surface area contributed by atoms with Crippen molar-refractivity contribution in [1.82, 2.24) is 19.7 Å². The largest absolute Gasteiger partial charge is 0.367 e. The number of hydrogen-bond donors (Lipinski definition) is 0. The Balaban J connectivity index is 1.53. The summed E-state index contributed by atoms with van der Waals surface area (Å²) in [6.07, 6.45) is 0. The topological polar surface area (TPSA) is 37.2 Å². The van der Waals surface area contributed by atoms with Gasteiger partial charge < -0.3 is 9.80 Å². The van der Waals surface area contributed by atoms with Gasteiger partial charge in [0.25, 0.3) is 0 Å². The van der Waals surface area contributed by atoms with Crippen LogP contribution in [0.25, 0.3) is 28.2 Å². The van der Waals surface area contributed by atoms with E-state index in [0.29, 0.717) is 0 Å². The highest BCUT2D eigenvalue weighted by Gasteiger charge is 2.21. The number of anilines is 1. The molecule has 0 saturated carbocycles. The number of hydrogen-bond acceptors (Lipinski definition) is 4. The molecule has 0 atom stereocenters. The number of aryl methyl sites for hydroxylation is 1. The number of nitrogens with zero attached hydrogens (tertiary/aromatic N) is 5. The summed E-state index contributed by atoms with van der Waals surface area (Å²) in [5.41, 5.74) is 5.85. The van der Waals surface area contributed by atoms with Gasteiger partial charge in [0.2, 0.25) is 0 Å². The zero-order valence-electron chi connectivity index (χ0n) is 18.1. The van der Waals surface area contributed by atoms with Crippen LogP contribution in [0, 0.1) is 6.92 Å². The number of rotatable bonds is 4. The van der Waals surface area contributed by atoms with Crippen molar-refractivity contribution in [3.05, 3.63) is 84.7 Å². The number of aromatic nitrogens is 3. The predicted octanol–water partition coefficient (Wildman–Crippen LogP) is 4.66. The molecule has 5 rings (SSSR count). The molecule has 1 aliphatic rings. The van der Waals surface area contributed by atoms with Gasteiger partial charge in [-0.1, -0.05) is 66.7 Å². The average Bonchev–Trinajstić information content (AvgIpc) is 3.21. The van der Waals surface area contributed by atoms with Gasteiger partial charge in [-0.2, -0.15) is 0 Å². The molecule has 1 aliphatic heterocycles. The molecule has 5 heteroatoms. The molecule has 0 spiro atoms. The molecule has 0 bridgehead atoms. The summed E-state index contributed by atoms with van der Waals surface area (Å²) in [7, 11) is 2.18. The van der Waals surface area contributed by atoms with Crippen molar-refractivity contribution < 1.29 is 0 Å². The van der Waals surface area contributed by atoms with Gasteiger partial charge in [-0.05, 0) is 37.2 Å². The molecule has 156 valence electrons. The maximum Gasteiger partial charge on any atom is 0.168 e. The lowest BCUT2D eigenvalue weighted by Gasteiger charge is -2.35. The van der Waals surface area contributed by atoms with E-state index in [9.17, 15) is 0 Å². The second kappa shape index (κ2) is 8.36. The van der Waals surface area contributed by atoms with E-state index in [2.05, 4.69) is 104 Å². The van der Waals surface area contributed by atoms with Gasteiger partial charge in [0.1, 0.15) is 5.82 Å². The third-order valence-electron chi connectivity index (χ3n) is 6.04. The zero-order chi connectivity index (χ0) is 21.2. The molecule has 2 heterocycles. The van der Waals surface area contributed by atoms with E-state index in [-0.39, 0.29) is 0 Å². The van der Waals surface area contributed by atoms with Gasteiger partial charge in [-0.3, -0.25) is 4.57 Å². The Kier molecular flexibility index (Phi) is 5.26. The van der Waals surface area contributed by atoms with E-state index in [4.69, 9.17) is 0 Å². The summed E-state index contributed by atoms with van der Waals surface area (Å²) in [4.78, 5) is 4.85. The Bertz CT molecular complexity index is 1160. The number of benzene rings is 3. The molecule has 0 radical (unpaired) electrons. The first-order valence-electron chi connectivity index (χ1n) is 10.8. The summed E-state index contributed by atoms with van der Waals surface area (Å²) in [6.45, 7) is 6.22. The second-order valence-corrected chi connectivity index (χ2v) is 8.13. The van der Waals surface area contributed by atoms with Crippen LogP contribution in [-0.2, 0) is 0 Å². The van der Waals surface area contributed by atoms with Gasteiger partial charge >= 0.3 is 0 Å². The highest BCUT2D eigenvalue weighted by atomic mass is 15.3. The molecule has 3 aromatic carbocycles. The third kappa shape index (κ3) is 3.84. The normalized spacial score (nSPS) is 14.7. The predicted molar refractivity (Wildman–Crippen MR) is 127 cm³/mol. The molecule has 4 aromatic rings. The fourth-order valence-corrected chi connectivity index (χ4v) is 4.25. The molecule has 0 amide bonds. The molecule has 5 nitrogen and oxygen atoms in total. The first-order chi connectivity index (χ1) is 15.2. The van der Waals surface area contributed by atoms with Crippen LogP contribution < -0.4 is 4.90 Å². The van der Waals surface area contributed by atoms with E-state index in [1.807, 2.05) is 13.0 Å². The van der Waals surface area contributed by atoms with Crippen LogP contribution in [0.5, 0.6) is 0 Å². The quantitative estimate of drug-likeness (QED) is 0.491. The lowest BCUT2D eigenvalue weighted by atomic mass is 10.0. The maximum absolute atomic E-state index is 4.55. The fourth-order valence-electron chi connectivity index (χ4n) is 4.25. The Morgan fingerprint density at radius 3 is 1.90 bits per heavy atom. The second-order valence-electron chi connectivity index (χ2n) is 8.13. The summed E-state index contributed by atoms with van der Waals surface area (Å²) in [5.74, 6) is 1.77. The minimum Gasteiger partial charge on any atom is -0.367 e. The van der Waals surface area contributed by atoms with Crippen LogP contribution >= 0.6 is 0 Å². The first-order valence-corrected chi connectivity index (χ1v) is 10.8. The monoisotopic (exact) mass is 409 g/mol. The maximum atomic E-state index is 4.55.